The van der Waals surface area contributed by atoms with Gasteiger partial charge in [-0.2, -0.15) is 22.7 Å². The summed E-state index contributed by atoms with van der Waals surface area (Å²) in [4.78, 5) is 22.4. The van der Waals surface area contributed by atoms with E-state index in [0.717, 1.165) is 18.7 Å². The molecule has 0 unspecified atom stereocenters. The number of hydrogen-bond acceptors (Lipinski definition) is 6. The molecule has 5 rings (SSSR count). The lowest BCUT2D eigenvalue weighted by molar-refractivity contribution is -0.173. The van der Waals surface area contributed by atoms with E-state index in [1.165, 1.54) is 11.1 Å². The number of ether oxygens (including phenoxy) is 1. The smallest absolute Gasteiger partial charge is 0.257 e. The average Bonchev–Trinajstić information content (AvgIpc) is 3.49. The van der Waals surface area contributed by atoms with Gasteiger partial charge in [-0.05, 0) is 56.4 Å². The number of morpholine rings is 1. The van der Waals surface area contributed by atoms with Crippen LogP contribution in [0.25, 0.3) is 0 Å². The topological polar surface area (TPSA) is 45.7 Å². The summed E-state index contributed by atoms with van der Waals surface area (Å²) in [6.07, 6.45) is 3.66. The van der Waals surface area contributed by atoms with Crippen LogP contribution >= 0.6 is 22.7 Å². The molecule has 5 nitrogen and oxygen atoms in total. The first kappa shape index (κ1) is 18.9. The molecule has 7 heteroatoms. The van der Waals surface area contributed by atoms with Gasteiger partial charge in [0, 0.05) is 51.0 Å². The number of thiophene rings is 2. The molecule has 1 amide bonds. The first-order chi connectivity index (χ1) is 14.2. The van der Waals surface area contributed by atoms with Gasteiger partial charge in [-0.25, -0.2) is 0 Å². The van der Waals surface area contributed by atoms with Crippen LogP contribution in [0.2, 0.25) is 0 Å². The zero-order valence-corrected chi connectivity index (χ0v) is 17.7. The number of carbonyl (C=O) groups excluding carboxylic acids is 1. The fourth-order valence-corrected chi connectivity index (χ4v) is 5.84. The van der Waals surface area contributed by atoms with Crippen molar-refractivity contribution in [2.45, 2.75) is 24.6 Å². The molecule has 0 aliphatic carbocycles. The maximum absolute atomic E-state index is 13.8. The third-order valence-electron chi connectivity index (χ3n) is 5.86. The second-order valence-electron chi connectivity index (χ2n) is 7.74. The fraction of sp³-hybridized carbons (Fsp3) is 0.364. The van der Waals surface area contributed by atoms with E-state index in [1.54, 1.807) is 28.9 Å². The molecule has 2 aliphatic rings. The molecule has 0 N–H and O–H groups in total. The summed E-state index contributed by atoms with van der Waals surface area (Å²) < 4.78 is 6.35. The van der Waals surface area contributed by atoms with E-state index in [0.29, 0.717) is 26.2 Å². The Morgan fingerprint density at radius 1 is 1.14 bits per heavy atom. The summed E-state index contributed by atoms with van der Waals surface area (Å²) in [5.74, 6) is 0.0873. The minimum atomic E-state index is -0.840. The van der Waals surface area contributed by atoms with Crippen LogP contribution in [-0.2, 0) is 22.6 Å². The number of nitrogens with zero attached hydrogens (tertiary/aromatic N) is 3. The van der Waals surface area contributed by atoms with Crippen molar-refractivity contribution in [1.82, 2.24) is 14.8 Å². The molecular formula is C22H23N3O2S2. The van der Waals surface area contributed by atoms with E-state index in [1.807, 2.05) is 17.2 Å². The Bertz CT molecular complexity index is 946. The van der Waals surface area contributed by atoms with Crippen LogP contribution in [0.3, 0.4) is 0 Å². The molecule has 2 fully saturated rings. The highest BCUT2D eigenvalue weighted by molar-refractivity contribution is 7.08. The molecule has 2 atom stereocenters. The van der Waals surface area contributed by atoms with Gasteiger partial charge < -0.3 is 9.64 Å². The number of rotatable bonds is 5. The van der Waals surface area contributed by atoms with Crippen molar-refractivity contribution in [3.8, 4) is 0 Å². The van der Waals surface area contributed by atoms with Gasteiger partial charge in [0.1, 0.15) is 0 Å². The second kappa shape index (κ2) is 7.99. The predicted octanol–water partition coefficient (Wildman–Crippen LogP) is 3.60. The van der Waals surface area contributed by atoms with Crippen LogP contribution in [0.5, 0.6) is 0 Å². The second-order valence-corrected chi connectivity index (χ2v) is 9.30. The van der Waals surface area contributed by atoms with Crippen LogP contribution in [0.4, 0.5) is 0 Å². The van der Waals surface area contributed by atoms with Gasteiger partial charge in [0.05, 0.1) is 6.61 Å². The molecule has 150 valence electrons. The van der Waals surface area contributed by atoms with Crippen LogP contribution in [0.15, 0.2) is 58.2 Å². The van der Waals surface area contributed by atoms with Gasteiger partial charge in [0.25, 0.3) is 5.91 Å². The molecule has 0 saturated carbocycles. The lowest BCUT2D eigenvalue weighted by Crippen LogP contribution is -2.59. The largest absolute Gasteiger partial charge is 0.361 e. The van der Waals surface area contributed by atoms with Crippen LogP contribution < -0.4 is 0 Å². The van der Waals surface area contributed by atoms with Crippen molar-refractivity contribution in [3.05, 3.63) is 74.9 Å². The molecule has 29 heavy (non-hydrogen) atoms. The standard InChI is InChI=1S/C22H23N3O2S2/c26-21-22(27-7-6-25(21)12-18-4-9-29-15-18)16-24(11-17-3-8-28-14-17)13-20(22)19-2-1-5-23-10-19/h1-5,8-10,14-15,20H,6-7,11-13,16H2/t20-,22-/m0/s1. The summed E-state index contributed by atoms with van der Waals surface area (Å²) >= 11 is 3.38. The Labute approximate surface area is 178 Å². The first-order valence-electron chi connectivity index (χ1n) is 9.82. The summed E-state index contributed by atoms with van der Waals surface area (Å²) in [5, 5.41) is 8.46. The molecular weight excluding hydrogens is 402 g/mol. The maximum Gasteiger partial charge on any atom is 0.257 e. The lowest BCUT2D eigenvalue weighted by atomic mass is 9.83. The number of carbonyl (C=O) groups is 1. The Balaban J connectivity index is 1.45. The molecule has 0 radical (unpaired) electrons. The Morgan fingerprint density at radius 2 is 1.93 bits per heavy atom. The van der Waals surface area contributed by atoms with E-state index >= 15 is 0 Å². The van der Waals surface area contributed by atoms with E-state index in [-0.39, 0.29) is 11.8 Å². The third kappa shape index (κ3) is 3.64. The molecule has 0 bridgehead atoms. The SMILES string of the molecule is O=C1N(Cc2ccsc2)CCO[C@]12CN(Cc1ccsc1)C[C@H]2c1cccnc1. The molecule has 5 heterocycles. The molecule has 1 spiro atoms. The average molecular weight is 426 g/mol. The predicted molar refractivity (Wildman–Crippen MR) is 115 cm³/mol. The van der Waals surface area contributed by atoms with Crippen molar-refractivity contribution in [2.75, 3.05) is 26.2 Å². The first-order valence-corrected chi connectivity index (χ1v) is 11.7. The van der Waals surface area contributed by atoms with Crippen molar-refractivity contribution in [1.29, 1.82) is 0 Å². The number of aromatic nitrogens is 1. The number of amides is 1. The fourth-order valence-electron chi connectivity index (χ4n) is 4.52. The molecule has 3 aromatic rings. The summed E-state index contributed by atoms with van der Waals surface area (Å²) in [6, 6.07) is 8.26. The Kier molecular flexibility index (Phi) is 5.22. The minimum Gasteiger partial charge on any atom is -0.361 e. The van der Waals surface area contributed by atoms with Gasteiger partial charge in [0.15, 0.2) is 5.60 Å². The van der Waals surface area contributed by atoms with Crippen LogP contribution in [0, 0.1) is 0 Å². The normalized spacial score (nSPS) is 25.2. The van der Waals surface area contributed by atoms with E-state index < -0.39 is 5.60 Å². The van der Waals surface area contributed by atoms with Gasteiger partial charge in [-0.15, -0.1) is 0 Å². The zero-order valence-electron chi connectivity index (χ0n) is 16.1. The monoisotopic (exact) mass is 425 g/mol. The summed E-state index contributed by atoms with van der Waals surface area (Å²) in [6.45, 7) is 4.10. The highest BCUT2D eigenvalue weighted by Gasteiger charge is 2.56. The Morgan fingerprint density at radius 3 is 2.62 bits per heavy atom. The van der Waals surface area contributed by atoms with Crippen LogP contribution in [0.1, 0.15) is 22.6 Å². The highest BCUT2D eigenvalue weighted by atomic mass is 32.1. The van der Waals surface area contributed by atoms with Crippen molar-refractivity contribution in [2.24, 2.45) is 0 Å². The zero-order chi connectivity index (χ0) is 19.7. The molecule has 2 saturated heterocycles. The maximum atomic E-state index is 13.8. The molecule has 2 aliphatic heterocycles. The molecule has 0 aromatic carbocycles. The highest BCUT2D eigenvalue weighted by Crippen LogP contribution is 2.42. The van der Waals surface area contributed by atoms with Crippen molar-refractivity contribution < 1.29 is 9.53 Å². The lowest BCUT2D eigenvalue weighted by Gasteiger charge is -2.42. The van der Waals surface area contributed by atoms with E-state index in [9.17, 15) is 4.79 Å². The third-order valence-corrected chi connectivity index (χ3v) is 7.32. The number of pyridine rings is 1. The summed E-state index contributed by atoms with van der Waals surface area (Å²) in [5.41, 5.74) is 2.71. The van der Waals surface area contributed by atoms with E-state index in [2.05, 4.69) is 49.6 Å². The Hall–Kier alpha value is -2.06. The van der Waals surface area contributed by atoms with E-state index in [4.69, 9.17) is 4.74 Å². The van der Waals surface area contributed by atoms with Gasteiger partial charge in [-0.1, -0.05) is 6.07 Å². The van der Waals surface area contributed by atoms with Gasteiger partial charge in [0.2, 0.25) is 0 Å². The van der Waals surface area contributed by atoms with Crippen molar-refractivity contribution in [3.63, 3.8) is 0 Å². The molecule has 3 aromatic heterocycles. The van der Waals surface area contributed by atoms with Crippen molar-refractivity contribution >= 4 is 28.6 Å². The summed E-state index contributed by atoms with van der Waals surface area (Å²) in [7, 11) is 0. The quantitative estimate of drug-likeness (QED) is 0.627. The van der Waals surface area contributed by atoms with Gasteiger partial charge in [-0.3, -0.25) is 14.7 Å². The van der Waals surface area contributed by atoms with Gasteiger partial charge >= 0.3 is 0 Å². The minimum absolute atomic E-state index is 0.0207. The number of hydrogen-bond donors (Lipinski definition) is 0. The number of likely N-dealkylation sites (tertiary alicyclic amines) is 1. The van der Waals surface area contributed by atoms with Crippen LogP contribution in [-0.4, -0.2) is 52.5 Å².